The van der Waals surface area contributed by atoms with Gasteiger partial charge in [-0.15, -0.1) is 22.9 Å². The van der Waals surface area contributed by atoms with Crippen LogP contribution in [0.4, 0.5) is 0 Å². The number of carbonyl (C=O) groups excluding carboxylic acids is 1. The van der Waals surface area contributed by atoms with Gasteiger partial charge in [-0.05, 0) is 31.5 Å². The zero-order chi connectivity index (χ0) is 16.4. The number of Topliss-reactive ketones (excluding diaryl/α,β-unsaturated/α-hetero) is 1. The first-order chi connectivity index (χ1) is 11.2. The largest absolute Gasteiger partial charge is 0.347 e. The fraction of sp³-hybridized carbons (Fsp3) is 0.333. The second-order valence-corrected chi connectivity index (χ2v) is 6.64. The summed E-state index contributed by atoms with van der Waals surface area (Å²) in [6.07, 6.45) is 3.43. The second kappa shape index (κ2) is 6.85. The van der Waals surface area contributed by atoms with E-state index in [0.29, 0.717) is 12.3 Å². The minimum Gasteiger partial charge on any atom is -0.347 e. The number of benzene rings is 1. The van der Waals surface area contributed by atoms with E-state index in [1.807, 2.05) is 18.5 Å². The molecule has 5 heteroatoms. The number of alkyl halides is 1. The summed E-state index contributed by atoms with van der Waals surface area (Å²) in [4.78, 5) is 17.0. The van der Waals surface area contributed by atoms with E-state index in [9.17, 15) is 4.79 Å². The Labute approximate surface area is 144 Å². The first-order valence-electron chi connectivity index (χ1n) is 7.84. The fourth-order valence-electron chi connectivity index (χ4n) is 2.78. The third kappa shape index (κ3) is 3.06. The lowest BCUT2D eigenvalue weighted by Crippen LogP contribution is -1.97. The first kappa shape index (κ1) is 16.2. The molecule has 3 rings (SSSR count). The number of hydrogen-bond donors (Lipinski definition) is 0. The van der Waals surface area contributed by atoms with Crippen LogP contribution in [0, 0.1) is 0 Å². The van der Waals surface area contributed by atoms with Gasteiger partial charge in [-0.3, -0.25) is 4.79 Å². The number of aryl methyl sites for hydroxylation is 1. The van der Waals surface area contributed by atoms with Crippen molar-refractivity contribution < 1.29 is 4.79 Å². The van der Waals surface area contributed by atoms with E-state index in [4.69, 9.17) is 11.6 Å². The van der Waals surface area contributed by atoms with E-state index in [-0.39, 0.29) is 5.78 Å². The molecule has 2 aromatic heterocycles. The van der Waals surface area contributed by atoms with Crippen molar-refractivity contribution in [2.45, 2.75) is 39.1 Å². The van der Waals surface area contributed by atoms with Crippen molar-refractivity contribution in [3.8, 4) is 10.6 Å². The Bertz CT molecular complexity index is 850. The van der Waals surface area contributed by atoms with Gasteiger partial charge in [-0.2, -0.15) is 0 Å². The molecule has 0 aliphatic heterocycles. The van der Waals surface area contributed by atoms with E-state index < -0.39 is 0 Å². The number of rotatable bonds is 6. The van der Waals surface area contributed by atoms with E-state index in [1.54, 1.807) is 11.3 Å². The summed E-state index contributed by atoms with van der Waals surface area (Å²) in [6, 6.07) is 6.24. The number of hydrogen-bond acceptors (Lipinski definition) is 3. The molecule has 3 nitrogen and oxygen atoms in total. The molecule has 0 fully saturated rings. The maximum atomic E-state index is 12.4. The molecule has 0 amide bonds. The molecule has 3 aromatic rings. The molecule has 0 spiro atoms. The van der Waals surface area contributed by atoms with Crippen molar-refractivity contribution in [3.05, 3.63) is 41.0 Å². The van der Waals surface area contributed by atoms with Gasteiger partial charge in [0, 0.05) is 46.6 Å². The molecular weight excluding hydrogens is 328 g/mol. The number of fused-ring (bicyclic) bond motifs is 1. The lowest BCUT2D eigenvalue weighted by Gasteiger charge is -2.02. The zero-order valence-corrected chi connectivity index (χ0v) is 14.9. The van der Waals surface area contributed by atoms with Gasteiger partial charge in [0.05, 0.1) is 11.6 Å². The SMILES string of the molecule is CCCC(=O)c1cn(CC)c2ccc(-c3nc(CCl)cs3)cc12. The highest BCUT2D eigenvalue weighted by Gasteiger charge is 2.15. The Balaban J connectivity index is 2.13. The number of carbonyl (C=O) groups is 1. The van der Waals surface area contributed by atoms with Crippen molar-refractivity contribution in [2.75, 3.05) is 0 Å². The molecule has 0 bridgehead atoms. The average molecular weight is 347 g/mol. The molecule has 120 valence electrons. The number of thiazole rings is 1. The van der Waals surface area contributed by atoms with Crippen LogP contribution in [0.25, 0.3) is 21.5 Å². The summed E-state index contributed by atoms with van der Waals surface area (Å²) >= 11 is 7.43. The topological polar surface area (TPSA) is 34.9 Å². The summed E-state index contributed by atoms with van der Waals surface area (Å²) in [6.45, 7) is 4.98. The Hall–Kier alpha value is -1.65. The van der Waals surface area contributed by atoms with Crippen LogP contribution >= 0.6 is 22.9 Å². The van der Waals surface area contributed by atoms with Gasteiger partial charge < -0.3 is 4.57 Å². The Morgan fingerprint density at radius 2 is 2.17 bits per heavy atom. The Morgan fingerprint density at radius 1 is 1.35 bits per heavy atom. The van der Waals surface area contributed by atoms with Crippen LogP contribution in [0.15, 0.2) is 29.8 Å². The fourth-order valence-corrected chi connectivity index (χ4v) is 3.82. The summed E-state index contributed by atoms with van der Waals surface area (Å²) in [5.74, 6) is 0.632. The van der Waals surface area contributed by atoms with Crippen molar-refractivity contribution in [2.24, 2.45) is 0 Å². The molecule has 1 aromatic carbocycles. The van der Waals surface area contributed by atoms with Crippen LogP contribution in [-0.2, 0) is 12.4 Å². The van der Waals surface area contributed by atoms with Crippen LogP contribution in [0.1, 0.15) is 42.7 Å². The lowest BCUT2D eigenvalue weighted by molar-refractivity contribution is 0.0983. The number of aromatic nitrogens is 2. The molecule has 23 heavy (non-hydrogen) atoms. The van der Waals surface area contributed by atoms with Gasteiger partial charge in [-0.25, -0.2) is 4.98 Å². The molecule has 2 heterocycles. The highest BCUT2D eigenvalue weighted by Crippen LogP contribution is 2.31. The molecule has 0 aliphatic rings. The Morgan fingerprint density at radius 3 is 2.83 bits per heavy atom. The van der Waals surface area contributed by atoms with Gasteiger partial charge in [0.2, 0.25) is 0 Å². The number of halogens is 1. The molecular formula is C18H19ClN2OS. The van der Waals surface area contributed by atoms with Crippen LogP contribution in [0.3, 0.4) is 0 Å². The monoisotopic (exact) mass is 346 g/mol. The zero-order valence-electron chi connectivity index (χ0n) is 13.3. The normalized spacial score (nSPS) is 11.3. The van der Waals surface area contributed by atoms with E-state index in [1.165, 1.54) is 0 Å². The van der Waals surface area contributed by atoms with Crippen molar-refractivity contribution >= 4 is 39.6 Å². The molecule has 0 aliphatic carbocycles. The van der Waals surface area contributed by atoms with Gasteiger partial charge in [0.25, 0.3) is 0 Å². The van der Waals surface area contributed by atoms with Crippen molar-refractivity contribution in [1.82, 2.24) is 9.55 Å². The van der Waals surface area contributed by atoms with Crippen LogP contribution < -0.4 is 0 Å². The summed E-state index contributed by atoms with van der Waals surface area (Å²) in [5.41, 5.74) is 3.85. The Kier molecular flexibility index (Phi) is 4.83. The quantitative estimate of drug-likeness (QED) is 0.436. The molecule has 0 atom stereocenters. The van der Waals surface area contributed by atoms with Crippen LogP contribution in [0.2, 0.25) is 0 Å². The summed E-state index contributed by atoms with van der Waals surface area (Å²) in [5, 5.41) is 3.94. The number of ketones is 1. The van der Waals surface area contributed by atoms with Crippen LogP contribution in [-0.4, -0.2) is 15.3 Å². The lowest BCUT2D eigenvalue weighted by atomic mass is 10.0. The maximum Gasteiger partial charge on any atom is 0.165 e. The predicted molar refractivity (Wildman–Crippen MR) is 97.5 cm³/mol. The third-order valence-corrected chi connectivity index (χ3v) is 5.15. The smallest absolute Gasteiger partial charge is 0.165 e. The average Bonchev–Trinajstić information content (AvgIpc) is 3.19. The summed E-state index contributed by atoms with van der Waals surface area (Å²) in [7, 11) is 0. The van der Waals surface area contributed by atoms with Gasteiger partial charge >= 0.3 is 0 Å². The highest BCUT2D eigenvalue weighted by molar-refractivity contribution is 7.13. The molecule has 0 radical (unpaired) electrons. The van der Waals surface area contributed by atoms with Crippen molar-refractivity contribution in [1.29, 1.82) is 0 Å². The minimum atomic E-state index is 0.211. The van der Waals surface area contributed by atoms with Crippen molar-refractivity contribution in [3.63, 3.8) is 0 Å². The van der Waals surface area contributed by atoms with E-state index in [2.05, 4.69) is 34.7 Å². The van der Waals surface area contributed by atoms with Crippen LogP contribution in [0.5, 0.6) is 0 Å². The van der Waals surface area contributed by atoms with E-state index >= 15 is 0 Å². The highest BCUT2D eigenvalue weighted by atomic mass is 35.5. The molecule has 0 saturated carbocycles. The number of nitrogens with zero attached hydrogens (tertiary/aromatic N) is 2. The minimum absolute atomic E-state index is 0.211. The third-order valence-electron chi connectivity index (χ3n) is 3.93. The van der Waals surface area contributed by atoms with Gasteiger partial charge in [0.1, 0.15) is 5.01 Å². The van der Waals surface area contributed by atoms with Gasteiger partial charge in [0.15, 0.2) is 5.78 Å². The standard InChI is InChI=1S/C18H19ClN2OS/c1-3-5-17(22)15-10-21(4-2)16-7-6-12(8-14(15)16)18-20-13(9-19)11-23-18/h6-8,10-11H,3-5,9H2,1-2H3. The molecule has 0 saturated heterocycles. The summed E-state index contributed by atoms with van der Waals surface area (Å²) < 4.78 is 2.13. The second-order valence-electron chi connectivity index (χ2n) is 5.51. The van der Waals surface area contributed by atoms with E-state index in [0.717, 1.165) is 45.7 Å². The maximum absolute atomic E-state index is 12.4. The molecule has 0 unspecified atom stereocenters. The molecule has 0 N–H and O–H groups in total. The first-order valence-corrected chi connectivity index (χ1v) is 9.26. The van der Waals surface area contributed by atoms with Gasteiger partial charge in [-0.1, -0.05) is 6.92 Å². The predicted octanol–water partition coefficient (Wildman–Crippen LogP) is 5.51.